The molecule has 1 aromatic carbocycles. The number of aryl methyl sites for hydroxylation is 2. The predicted molar refractivity (Wildman–Crippen MR) is 63.9 cm³/mol. The first-order valence-corrected chi connectivity index (χ1v) is 7.50. The Morgan fingerprint density at radius 3 is 2.57 bits per heavy atom. The summed E-state index contributed by atoms with van der Waals surface area (Å²) in [7, 11) is 0. The fraction of sp³-hybridized carbons (Fsp3) is 0.167. The minimum atomic E-state index is 0.771. The van der Waals surface area contributed by atoms with E-state index in [0.717, 1.165) is 25.8 Å². The molecule has 0 atom stereocenters. The molecule has 2 rings (SSSR count). The van der Waals surface area contributed by atoms with Crippen molar-refractivity contribution < 1.29 is 0 Å². The molecule has 0 N–H and O–H groups in total. The molecule has 0 unspecified atom stereocenters. The molecule has 0 aliphatic carbocycles. The van der Waals surface area contributed by atoms with Gasteiger partial charge in [-0.3, -0.25) is 0 Å². The molecule has 0 nitrogen and oxygen atoms in total. The van der Waals surface area contributed by atoms with Crippen LogP contribution in [0.4, 0.5) is 0 Å². The quantitative estimate of drug-likeness (QED) is 0.480. The Labute approximate surface area is 104 Å². The molecule has 0 spiro atoms. The summed E-state index contributed by atoms with van der Waals surface area (Å²) in [6, 6.07) is 6.59. The van der Waals surface area contributed by atoms with Crippen molar-refractivity contribution >= 4 is 47.2 Å². The van der Waals surface area contributed by atoms with Gasteiger partial charge in [-0.1, -0.05) is 0 Å². The number of thiophene rings is 1. The zero-order valence-electron chi connectivity index (χ0n) is 8.22. The van der Waals surface area contributed by atoms with Gasteiger partial charge in [0.2, 0.25) is 0 Å². The number of hydrogen-bond donors (Lipinski definition) is 0. The third kappa shape index (κ3) is 1.73. The second-order valence-corrected chi connectivity index (χ2v) is 5.50. The van der Waals surface area contributed by atoms with E-state index in [1.54, 1.807) is 0 Å². The van der Waals surface area contributed by atoms with Crippen molar-refractivity contribution in [1.82, 2.24) is 0 Å². The van der Waals surface area contributed by atoms with Gasteiger partial charge in [0.05, 0.1) is 0 Å². The first kappa shape index (κ1) is 10.2. The molecule has 1 aromatic heterocycles. The van der Waals surface area contributed by atoms with Crippen LogP contribution in [0, 0.1) is 23.2 Å². The van der Waals surface area contributed by atoms with Crippen molar-refractivity contribution in [3.63, 3.8) is 0 Å². The molecule has 0 saturated carbocycles. The molecular weight excluding hydrogens is 381 g/mol. The zero-order valence-corrected chi connectivity index (χ0v) is 13.5. The standard InChI is InChI=1S/C12H9S.Tl/c1-4-10-7-11-8(2)5-6-9(3)12(11)13-10;/h5-7H,2-3H3;. The van der Waals surface area contributed by atoms with Crippen molar-refractivity contribution in [2.45, 2.75) is 13.8 Å². The summed E-state index contributed by atoms with van der Waals surface area (Å²) in [5, 5.41) is 1.37. The van der Waals surface area contributed by atoms with E-state index in [1.165, 1.54) is 26.1 Å². The Hall–Kier alpha value is -0.338. The number of hydrogen-bond acceptors (Lipinski definition) is 1. The Bertz CT molecular complexity index is 501. The van der Waals surface area contributed by atoms with E-state index < -0.39 is 0 Å². The Balaban J connectivity index is 2.79. The molecule has 2 aromatic rings. The molecule has 0 saturated heterocycles. The normalized spacial score (nSPS) is 9.79. The van der Waals surface area contributed by atoms with Crippen molar-refractivity contribution in [2.75, 3.05) is 0 Å². The van der Waals surface area contributed by atoms with Crippen LogP contribution in [0.1, 0.15) is 16.0 Å². The van der Waals surface area contributed by atoms with Gasteiger partial charge >= 0.3 is 105 Å². The summed E-state index contributed by atoms with van der Waals surface area (Å²) in [5.41, 5.74) is 2.71. The van der Waals surface area contributed by atoms with Gasteiger partial charge in [-0.15, -0.1) is 0 Å². The van der Waals surface area contributed by atoms with E-state index in [0.29, 0.717) is 0 Å². The fourth-order valence-electron chi connectivity index (χ4n) is 1.53. The summed E-state index contributed by atoms with van der Waals surface area (Å²) in [5.74, 6) is 3.19. The van der Waals surface area contributed by atoms with E-state index in [1.807, 2.05) is 11.3 Å². The minimum absolute atomic E-state index is 0.771. The molecule has 0 fully saturated rings. The van der Waals surface area contributed by atoms with Crippen LogP contribution < -0.4 is 0 Å². The average molecular weight is 390 g/mol. The van der Waals surface area contributed by atoms with E-state index in [-0.39, 0.29) is 0 Å². The van der Waals surface area contributed by atoms with Gasteiger partial charge < -0.3 is 0 Å². The van der Waals surface area contributed by atoms with Crippen LogP contribution in [0.3, 0.4) is 0 Å². The molecule has 0 amide bonds. The van der Waals surface area contributed by atoms with Crippen LogP contribution >= 0.6 is 11.3 Å². The molecule has 0 aliphatic rings. The SMILES string of the molecule is Cc1ccc(C)c2sc(C#[C][Tl])cc12. The monoisotopic (exact) mass is 390 g/mol. The first-order chi connectivity index (χ1) is 6.72. The first-order valence-electron chi connectivity index (χ1n) is 4.43. The molecular formula is C12H9STl. The van der Waals surface area contributed by atoms with Crippen LogP contribution in [-0.2, 0) is 0 Å². The molecule has 0 aliphatic heterocycles. The number of fused-ring (bicyclic) bond motifs is 1. The van der Waals surface area contributed by atoms with E-state index in [9.17, 15) is 0 Å². The maximum atomic E-state index is 3.19. The van der Waals surface area contributed by atoms with E-state index in [4.69, 9.17) is 0 Å². The van der Waals surface area contributed by atoms with Gasteiger partial charge in [-0.25, -0.2) is 0 Å². The number of benzene rings is 1. The Morgan fingerprint density at radius 2 is 1.93 bits per heavy atom. The van der Waals surface area contributed by atoms with Crippen LogP contribution in [0.2, 0.25) is 0 Å². The fourth-order valence-corrected chi connectivity index (χ4v) is 3.60. The summed E-state index contributed by atoms with van der Waals surface area (Å²) >= 11 is 2.59. The average Bonchev–Trinajstić information content (AvgIpc) is 2.57. The third-order valence-corrected chi connectivity index (χ3v) is 4.04. The Kier molecular flexibility index (Phi) is 2.94. The van der Waals surface area contributed by atoms with E-state index >= 15 is 0 Å². The van der Waals surface area contributed by atoms with Gasteiger partial charge in [0.1, 0.15) is 0 Å². The van der Waals surface area contributed by atoms with Gasteiger partial charge in [0, 0.05) is 0 Å². The Morgan fingerprint density at radius 1 is 1.21 bits per heavy atom. The molecule has 0 radical (unpaired) electrons. The van der Waals surface area contributed by atoms with Crippen molar-refractivity contribution in [1.29, 1.82) is 0 Å². The van der Waals surface area contributed by atoms with Gasteiger partial charge in [-0.2, -0.15) is 0 Å². The third-order valence-electron chi connectivity index (χ3n) is 2.29. The topological polar surface area (TPSA) is 0 Å². The van der Waals surface area contributed by atoms with Crippen LogP contribution in [0.15, 0.2) is 18.2 Å². The second kappa shape index (κ2) is 4.03. The summed E-state index contributed by atoms with van der Waals surface area (Å²) in [6.45, 7) is 4.33. The maximum absolute atomic E-state index is 3.19. The van der Waals surface area contributed by atoms with Gasteiger partial charge in [0.15, 0.2) is 0 Å². The molecule has 14 heavy (non-hydrogen) atoms. The van der Waals surface area contributed by atoms with Crippen LogP contribution in [0.25, 0.3) is 10.1 Å². The second-order valence-electron chi connectivity index (χ2n) is 3.32. The van der Waals surface area contributed by atoms with Crippen molar-refractivity contribution in [3.8, 4) is 9.40 Å². The number of rotatable bonds is 0. The molecule has 2 heteroatoms. The molecule has 1 heterocycles. The van der Waals surface area contributed by atoms with Crippen molar-refractivity contribution in [3.05, 3.63) is 34.2 Å². The van der Waals surface area contributed by atoms with Crippen LogP contribution in [0.5, 0.6) is 0 Å². The predicted octanol–water partition coefficient (Wildman–Crippen LogP) is 3.00. The van der Waals surface area contributed by atoms with Gasteiger partial charge in [-0.05, 0) is 0 Å². The van der Waals surface area contributed by atoms with Gasteiger partial charge in [0.25, 0.3) is 0 Å². The molecule has 66 valence electrons. The molecule has 0 bridgehead atoms. The van der Waals surface area contributed by atoms with E-state index in [2.05, 4.69) is 41.4 Å². The summed E-state index contributed by atoms with van der Waals surface area (Å²) < 4.78 is 4.51. The summed E-state index contributed by atoms with van der Waals surface area (Å²) in [4.78, 5) is 1.21. The van der Waals surface area contributed by atoms with Crippen LogP contribution in [-0.4, -0.2) is 25.8 Å². The summed E-state index contributed by atoms with van der Waals surface area (Å²) in [6.07, 6.45) is 0. The van der Waals surface area contributed by atoms with Crippen molar-refractivity contribution in [2.24, 2.45) is 0 Å². The zero-order chi connectivity index (χ0) is 10.1.